The Labute approximate surface area is 147 Å². The average Bonchev–Trinajstić information content (AvgIpc) is 3.25. The van der Waals surface area contributed by atoms with Gasteiger partial charge in [0.15, 0.2) is 11.8 Å². The molecule has 1 atom stereocenters. The van der Waals surface area contributed by atoms with E-state index in [-0.39, 0.29) is 0 Å². The van der Waals surface area contributed by atoms with Gasteiger partial charge in [-0.05, 0) is 34.7 Å². The van der Waals surface area contributed by atoms with Gasteiger partial charge in [0, 0.05) is 32.5 Å². The molecule has 7 heteroatoms. The Morgan fingerprint density at radius 2 is 2.17 bits per heavy atom. The molecule has 0 aliphatic rings. The van der Waals surface area contributed by atoms with Crippen LogP contribution in [0.1, 0.15) is 56.3 Å². The smallest absolute Gasteiger partial charge is 0.226 e. The van der Waals surface area contributed by atoms with Gasteiger partial charge in [0.05, 0.1) is 0 Å². The number of thiophene rings is 1. The summed E-state index contributed by atoms with van der Waals surface area (Å²) < 4.78 is 5.25. The van der Waals surface area contributed by atoms with Gasteiger partial charge in [-0.15, -0.1) is 0 Å². The first kappa shape index (κ1) is 18.4. The van der Waals surface area contributed by atoms with Gasteiger partial charge in [0.2, 0.25) is 5.89 Å². The van der Waals surface area contributed by atoms with Crippen molar-refractivity contribution in [1.29, 1.82) is 0 Å². The standard InChI is InChI=1S/C17H27N5OS/c1-12(2)16-21-15(23-22-16)6-5-8-19-17(18-4)20-10-13(3)14-7-9-24-11-14/h7,9,11-13H,5-6,8,10H2,1-4H3,(H2,18,19,20). The van der Waals surface area contributed by atoms with Gasteiger partial charge in [-0.3, -0.25) is 4.99 Å². The molecule has 0 fully saturated rings. The third-order valence-corrected chi connectivity index (χ3v) is 4.47. The van der Waals surface area contributed by atoms with Crippen LogP contribution in [0.3, 0.4) is 0 Å². The predicted octanol–water partition coefficient (Wildman–Crippen LogP) is 3.16. The predicted molar refractivity (Wildman–Crippen MR) is 98.8 cm³/mol. The molecule has 24 heavy (non-hydrogen) atoms. The van der Waals surface area contributed by atoms with E-state index in [1.165, 1.54) is 5.56 Å². The molecule has 2 rings (SSSR count). The highest BCUT2D eigenvalue weighted by atomic mass is 32.1. The second kappa shape index (κ2) is 9.42. The van der Waals surface area contributed by atoms with Crippen molar-refractivity contribution in [2.24, 2.45) is 4.99 Å². The molecule has 0 aromatic carbocycles. The van der Waals surface area contributed by atoms with Crippen LogP contribution in [-0.2, 0) is 6.42 Å². The van der Waals surface area contributed by atoms with Crippen LogP contribution < -0.4 is 10.6 Å². The maximum atomic E-state index is 5.25. The first-order valence-electron chi connectivity index (χ1n) is 8.39. The highest BCUT2D eigenvalue weighted by Gasteiger charge is 2.10. The van der Waals surface area contributed by atoms with E-state index in [0.717, 1.165) is 37.7 Å². The fourth-order valence-electron chi connectivity index (χ4n) is 2.19. The zero-order valence-corrected chi connectivity index (χ0v) is 15.7. The van der Waals surface area contributed by atoms with Crippen LogP contribution in [0.25, 0.3) is 0 Å². The molecule has 2 heterocycles. The molecule has 0 aliphatic carbocycles. The van der Waals surface area contributed by atoms with Gasteiger partial charge in [-0.25, -0.2) is 0 Å². The summed E-state index contributed by atoms with van der Waals surface area (Å²) in [5, 5.41) is 15.0. The monoisotopic (exact) mass is 349 g/mol. The quantitative estimate of drug-likeness (QED) is 0.435. The first-order valence-corrected chi connectivity index (χ1v) is 9.33. The van der Waals surface area contributed by atoms with Gasteiger partial charge in [0.25, 0.3) is 0 Å². The Morgan fingerprint density at radius 1 is 1.33 bits per heavy atom. The summed E-state index contributed by atoms with van der Waals surface area (Å²) in [6.45, 7) is 8.00. The van der Waals surface area contributed by atoms with Crippen molar-refractivity contribution in [3.05, 3.63) is 34.1 Å². The molecule has 2 N–H and O–H groups in total. The summed E-state index contributed by atoms with van der Waals surface area (Å²) in [5.41, 5.74) is 1.36. The summed E-state index contributed by atoms with van der Waals surface area (Å²) in [5.74, 6) is 3.06. The lowest BCUT2D eigenvalue weighted by molar-refractivity contribution is 0.368. The fourth-order valence-corrected chi connectivity index (χ4v) is 2.98. The third kappa shape index (κ3) is 5.63. The Morgan fingerprint density at radius 3 is 2.79 bits per heavy atom. The van der Waals surface area contributed by atoms with Crippen molar-refractivity contribution in [1.82, 2.24) is 20.8 Å². The molecule has 6 nitrogen and oxygen atoms in total. The van der Waals surface area contributed by atoms with Crippen molar-refractivity contribution >= 4 is 17.3 Å². The summed E-state index contributed by atoms with van der Waals surface area (Å²) in [6, 6.07) is 2.17. The van der Waals surface area contributed by atoms with Crippen LogP contribution >= 0.6 is 11.3 Å². The average molecular weight is 350 g/mol. The van der Waals surface area contributed by atoms with E-state index >= 15 is 0 Å². The maximum Gasteiger partial charge on any atom is 0.226 e. The number of aliphatic imine (C=N–C) groups is 1. The van der Waals surface area contributed by atoms with Crippen LogP contribution in [0, 0.1) is 0 Å². The number of hydrogen-bond acceptors (Lipinski definition) is 5. The zero-order valence-electron chi connectivity index (χ0n) is 14.9. The Bertz CT molecular complexity index is 621. The van der Waals surface area contributed by atoms with Crippen LogP contribution in [0.2, 0.25) is 0 Å². The number of hydrogen-bond donors (Lipinski definition) is 2. The minimum atomic E-state index is 0.300. The lowest BCUT2D eigenvalue weighted by Crippen LogP contribution is -2.39. The summed E-state index contributed by atoms with van der Waals surface area (Å²) in [7, 11) is 1.79. The molecule has 0 aliphatic heterocycles. The number of rotatable bonds is 8. The van der Waals surface area contributed by atoms with E-state index in [1.807, 2.05) is 0 Å². The molecular formula is C17H27N5OS. The SMILES string of the molecule is CN=C(NCCCc1nc(C(C)C)no1)NCC(C)c1ccsc1. The van der Waals surface area contributed by atoms with Gasteiger partial charge in [-0.1, -0.05) is 25.9 Å². The van der Waals surface area contributed by atoms with Crippen molar-refractivity contribution < 1.29 is 4.52 Å². The van der Waals surface area contributed by atoms with Crippen molar-refractivity contribution in [3.8, 4) is 0 Å². The summed E-state index contributed by atoms with van der Waals surface area (Å²) in [4.78, 5) is 8.64. The molecule has 0 saturated heterocycles. The normalized spacial score (nSPS) is 13.3. The van der Waals surface area contributed by atoms with Crippen molar-refractivity contribution in [2.45, 2.75) is 45.4 Å². The van der Waals surface area contributed by atoms with E-state index in [1.54, 1.807) is 18.4 Å². The van der Waals surface area contributed by atoms with E-state index < -0.39 is 0 Å². The number of nitrogens with zero attached hydrogens (tertiary/aromatic N) is 3. The highest BCUT2D eigenvalue weighted by Crippen LogP contribution is 2.17. The second-order valence-corrected chi connectivity index (χ2v) is 6.92. The molecule has 0 saturated carbocycles. The van der Waals surface area contributed by atoms with Gasteiger partial charge < -0.3 is 15.2 Å². The molecule has 1 unspecified atom stereocenters. The van der Waals surface area contributed by atoms with Gasteiger partial charge >= 0.3 is 0 Å². The number of nitrogens with one attached hydrogen (secondary N) is 2. The second-order valence-electron chi connectivity index (χ2n) is 6.14. The highest BCUT2D eigenvalue weighted by molar-refractivity contribution is 7.07. The van der Waals surface area contributed by atoms with Gasteiger partial charge in [-0.2, -0.15) is 16.3 Å². The van der Waals surface area contributed by atoms with Crippen molar-refractivity contribution in [3.63, 3.8) is 0 Å². The number of guanidine groups is 1. The molecule has 0 radical (unpaired) electrons. The Hall–Kier alpha value is -1.89. The largest absolute Gasteiger partial charge is 0.356 e. The zero-order chi connectivity index (χ0) is 17.4. The Balaban J connectivity index is 1.66. The fraction of sp³-hybridized carbons (Fsp3) is 0.588. The van der Waals surface area contributed by atoms with Crippen LogP contribution in [-0.4, -0.2) is 36.2 Å². The maximum absolute atomic E-state index is 5.25. The minimum absolute atomic E-state index is 0.300. The van der Waals surface area contributed by atoms with Crippen LogP contribution in [0.15, 0.2) is 26.3 Å². The Kier molecular flexibility index (Phi) is 7.24. The number of aryl methyl sites for hydroxylation is 1. The van der Waals surface area contributed by atoms with Gasteiger partial charge in [0.1, 0.15) is 0 Å². The molecule has 0 bridgehead atoms. The molecule has 132 valence electrons. The van der Waals surface area contributed by atoms with E-state index in [9.17, 15) is 0 Å². The van der Waals surface area contributed by atoms with E-state index in [0.29, 0.717) is 17.7 Å². The lowest BCUT2D eigenvalue weighted by atomic mass is 10.1. The van der Waals surface area contributed by atoms with Crippen molar-refractivity contribution in [2.75, 3.05) is 20.1 Å². The van der Waals surface area contributed by atoms with Crippen LogP contribution in [0.5, 0.6) is 0 Å². The molecule has 0 amide bonds. The summed E-state index contributed by atoms with van der Waals surface area (Å²) in [6.07, 6.45) is 1.69. The summed E-state index contributed by atoms with van der Waals surface area (Å²) >= 11 is 1.73. The molecule has 0 spiro atoms. The van der Waals surface area contributed by atoms with E-state index in [4.69, 9.17) is 4.52 Å². The third-order valence-electron chi connectivity index (χ3n) is 3.77. The van der Waals surface area contributed by atoms with E-state index in [2.05, 4.69) is 63.4 Å². The minimum Gasteiger partial charge on any atom is -0.356 e. The molecular weight excluding hydrogens is 322 g/mol. The topological polar surface area (TPSA) is 75.3 Å². The number of aromatic nitrogens is 2. The molecule has 2 aromatic heterocycles. The molecule has 2 aromatic rings. The lowest BCUT2D eigenvalue weighted by Gasteiger charge is -2.15. The van der Waals surface area contributed by atoms with Crippen LogP contribution in [0.4, 0.5) is 0 Å². The first-order chi connectivity index (χ1) is 11.6.